The summed E-state index contributed by atoms with van der Waals surface area (Å²) in [5.41, 5.74) is 1.62. The van der Waals surface area contributed by atoms with Crippen LogP contribution >= 0.6 is 15.9 Å². The molecule has 0 fully saturated rings. The van der Waals surface area contributed by atoms with E-state index >= 15 is 0 Å². The third-order valence-electron chi connectivity index (χ3n) is 3.00. The first kappa shape index (κ1) is 13.1. The number of aliphatic hydroxyl groups excluding tert-OH is 1. The Bertz CT molecular complexity index is 758. The van der Waals surface area contributed by atoms with E-state index in [9.17, 15) is 5.11 Å². The highest BCUT2D eigenvalue weighted by Gasteiger charge is 2.06. The van der Waals surface area contributed by atoms with Gasteiger partial charge in [0.25, 0.3) is 0 Å². The second kappa shape index (κ2) is 5.61. The zero-order valence-electron chi connectivity index (χ0n) is 10.6. The van der Waals surface area contributed by atoms with E-state index in [2.05, 4.69) is 20.9 Å². The second-order valence-corrected chi connectivity index (χ2v) is 5.29. The molecule has 3 rings (SSSR count). The van der Waals surface area contributed by atoms with Gasteiger partial charge in [0.2, 0.25) is 0 Å². The molecule has 0 amide bonds. The predicted molar refractivity (Wildman–Crippen MR) is 81.9 cm³/mol. The summed E-state index contributed by atoms with van der Waals surface area (Å²) in [7, 11) is 0. The molecule has 0 aliphatic rings. The Kier molecular flexibility index (Phi) is 3.67. The van der Waals surface area contributed by atoms with Crippen LogP contribution in [0.3, 0.4) is 0 Å². The number of aromatic nitrogens is 1. The molecule has 4 heteroatoms. The lowest BCUT2D eigenvalue weighted by Gasteiger charge is -2.10. The van der Waals surface area contributed by atoms with E-state index in [1.807, 2.05) is 48.5 Å². The van der Waals surface area contributed by atoms with Gasteiger partial charge < -0.3 is 9.84 Å². The Morgan fingerprint density at radius 2 is 2.00 bits per heavy atom. The maximum atomic E-state index is 9.38. The van der Waals surface area contributed by atoms with Crippen molar-refractivity contribution in [3.8, 4) is 11.5 Å². The first-order valence-electron chi connectivity index (χ1n) is 6.18. The molecule has 0 atom stereocenters. The van der Waals surface area contributed by atoms with Gasteiger partial charge in [-0.15, -0.1) is 0 Å². The summed E-state index contributed by atoms with van der Waals surface area (Å²) in [6.45, 7) is -0.0688. The van der Waals surface area contributed by atoms with Gasteiger partial charge in [0.15, 0.2) is 0 Å². The predicted octanol–water partition coefficient (Wildman–Crippen LogP) is 4.28. The van der Waals surface area contributed by atoms with E-state index in [0.29, 0.717) is 11.5 Å². The van der Waals surface area contributed by atoms with Crippen molar-refractivity contribution in [1.82, 2.24) is 4.98 Å². The van der Waals surface area contributed by atoms with Crippen molar-refractivity contribution in [3.05, 3.63) is 64.8 Å². The third kappa shape index (κ3) is 2.66. The van der Waals surface area contributed by atoms with E-state index in [1.54, 1.807) is 6.20 Å². The fourth-order valence-electron chi connectivity index (χ4n) is 2.01. The summed E-state index contributed by atoms with van der Waals surface area (Å²) in [6, 6.07) is 15.2. The number of hydrogen-bond acceptors (Lipinski definition) is 3. The number of fused-ring (bicyclic) bond motifs is 1. The zero-order valence-corrected chi connectivity index (χ0v) is 12.2. The molecule has 3 nitrogen and oxygen atoms in total. The number of hydrogen-bond donors (Lipinski definition) is 1. The van der Waals surface area contributed by atoms with Gasteiger partial charge in [-0.1, -0.05) is 22.0 Å². The molecule has 0 aliphatic heterocycles. The standard InChI is InChI=1S/C16H12BrNO2/c17-13-4-6-16(12(8-13)10-19)20-14-5-3-11-2-1-7-18-15(11)9-14/h1-9,19H,10H2. The van der Waals surface area contributed by atoms with Gasteiger partial charge in [0.1, 0.15) is 11.5 Å². The Balaban J connectivity index is 1.96. The normalized spacial score (nSPS) is 10.7. The van der Waals surface area contributed by atoms with Crippen LogP contribution in [0.15, 0.2) is 59.2 Å². The maximum absolute atomic E-state index is 9.38. The van der Waals surface area contributed by atoms with Gasteiger partial charge in [0, 0.05) is 27.7 Å². The summed E-state index contributed by atoms with van der Waals surface area (Å²) in [6.07, 6.45) is 1.75. The molecule has 1 aromatic heterocycles. The Morgan fingerprint density at radius 1 is 1.10 bits per heavy atom. The van der Waals surface area contributed by atoms with Crippen LogP contribution in [-0.4, -0.2) is 10.1 Å². The summed E-state index contributed by atoms with van der Waals surface area (Å²) in [5.74, 6) is 1.35. The maximum Gasteiger partial charge on any atom is 0.133 e. The minimum atomic E-state index is -0.0688. The van der Waals surface area contributed by atoms with Crippen molar-refractivity contribution in [2.45, 2.75) is 6.61 Å². The highest BCUT2D eigenvalue weighted by molar-refractivity contribution is 9.10. The number of ether oxygens (including phenoxy) is 1. The smallest absolute Gasteiger partial charge is 0.133 e. The van der Waals surface area contributed by atoms with Crippen LogP contribution in [0.5, 0.6) is 11.5 Å². The molecule has 1 heterocycles. The quantitative estimate of drug-likeness (QED) is 0.779. The van der Waals surface area contributed by atoms with E-state index in [0.717, 1.165) is 20.9 Å². The lowest BCUT2D eigenvalue weighted by atomic mass is 10.2. The summed E-state index contributed by atoms with van der Waals surface area (Å²) < 4.78 is 6.75. The molecule has 2 aromatic carbocycles. The van der Waals surface area contributed by atoms with Gasteiger partial charge in [0.05, 0.1) is 12.1 Å². The van der Waals surface area contributed by atoms with Crippen molar-refractivity contribution >= 4 is 26.8 Å². The molecule has 0 saturated heterocycles. The average molecular weight is 330 g/mol. The van der Waals surface area contributed by atoms with Gasteiger partial charge in [-0.25, -0.2) is 0 Å². The third-order valence-corrected chi connectivity index (χ3v) is 3.49. The largest absolute Gasteiger partial charge is 0.457 e. The molecular weight excluding hydrogens is 318 g/mol. The van der Waals surface area contributed by atoms with Crippen molar-refractivity contribution in [1.29, 1.82) is 0 Å². The van der Waals surface area contributed by atoms with Gasteiger partial charge in [-0.2, -0.15) is 0 Å². The number of rotatable bonds is 3. The van der Waals surface area contributed by atoms with Crippen LogP contribution in [0.1, 0.15) is 5.56 Å². The van der Waals surface area contributed by atoms with Crippen molar-refractivity contribution in [3.63, 3.8) is 0 Å². The highest BCUT2D eigenvalue weighted by atomic mass is 79.9. The van der Waals surface area contributed by atoms with E-state index in [1.165, 1.54) is 0 Å². The molecular formula is C16H12BrNO2. The zero-order chi connectivity index (χ0) is 13.9. The topological polar surface area (TPSA) is 42.4 Å². The number of pyridine rings is 1. The second-order valence-electron chi connectivity index (χ2n) is 4.37. The molecule has 0 unspecified atom stereocenters. The van der Waals surface area contributed by atoms with E-state index < -0.39 is 0 Å². The molecule has 20 heavy (non-hydrogen) atoms. The fourth-order valence-corrected chi connectivity index (χ4v) is 2.42. The molecule has 3 aromatic rings. The summed E-state index contributed by atoms with van der Waals surface area (Å²) >= 11 is 3.38. The lowest BCUT2D eigenvalue weighted by Crippen LogP contribution is -1.92. The van der Waals surface area contributed by atoms with Crippen LogP contribution in [0.25, 0.3) is 10.9 Å². The van der Waals surface area contributed by atoms with Crippen molar-refractivity contribution < 1.29 is 9.84 Å². The van der Waals surface area contributed by atoms with Crippen LogP contribution < -0.4 is 4.74 Å². The first-order valence-corrected chi connectivity index (χ1v) is 6.97. The molecule has 0 aliphatic carbocycles. The first-order chi connectivity index (χ1) is 9.76. The summed E-state index contributed by atoms with van der Waals surface area (Å²) in [4.78, 5) is 4.30. The Hall–Kier alpha value is -1.91. The number of halogens is 1. The number of aliphatic hydroxyl groups is 1. The lowest BCUT2D eigenvalue weighted by molar-refractivity contribution is 0.276. The molecule has 0 spiro atoms. The number of nitrogens with zero attached hydrogens (tertiary/aromatic N) is 1. The SMILES string of the molecule is OCc1cc(Br)ccc1Oc1ccc2cccnc2c1. The Labute approximate surface area is 125 Å². The van der Waals surface area contributed by atoms with Crippen molar-refractivity contribution in [2.24, 2.45) is 0 Å². The Morgan fingerprint density at radius 3 is 2.85 bits per heavy atom. The molecule has 0 radical (unpaired) electrons. The minimum absolute atomic E-state index is 0.0688. The fraction of sp³-hybridized carbons (Fsp3) is 0.0625. The number of benzene rings is 2. The van der Waals surface area contributed by atoms with Crippen LogP contribution in [0.4, 0.5) is 0 Å². The molecule has 100 valence electrons. The molecule has 0 saturated carbocycles. The minimum Gasteiger partial charge on any atom is -0.457 e. The van der Waals surface area contributed by atoms with E-state index in [4.69, 9.17) is 4.74 Å². The molecule has 1 N–H and O–H groups in total. The van der Waals surface area contributed by atoms with Gasteiger partial charge in [-0.3, -0.25) is 4.98 Å². The van der Waals surface area contributed by atoms with Gasteiger partial charge in [-0.05, 0) is 36.4 Å². The average Bonchev–Trinajstić information content (AvgIpc) is 2.49. The molecule has 0 bridgehead atoms. The van der Waals surface area contributed by atoms with Crippen LogP contribution in [0, 0.1) is 0 Å². The van der Waals surface area contributed by atoms with Crippen molar-refractivity contribution in [2.75, 3.05) is 0 Å². The highest BCUT2D eigenvalue weighted by Crippen LogP contribution is 2.29. The van der Waals surface area contributed by atoms with E-state index in [-0.39, 0.29) is 6.61 Å². The summed E-state index contributed by atoms with van der Waals surface area (Å²) in [5, 5.41) is 10.4. The van der Waals surface area contributed by atoms with Gasteiger partial charge >= 0.3 is 0 Å². The monoisotopic (exact) mass is 329 g/mol. The van der Waals surface area contributed by atoms with Crippen LogP contribution in [-0.2, 0) is 6.61 Å². The van der Waals surface area contributed by atoms with Crippen LogP contribution in [0.2, 0.25) is 0 Å².